The maximum Gasteiger partial charge on any atom is 0.258 e. The second kappa shape index (κ2) is 5.45. The minimum Gasteiger partial charge on any atom is -0.399 e. The summed E-state index contributed by atoms with van der Waals surface area (Å²) >= 11 is 0. The van der Waals surface area contributed by atoms with Crippen molar-refractivity contribution in [3.05, 3.63) is 59.2 Å². The van der Waals surface area contributed by atoms with E-state index in [-0.39, 0.29) is 5.91 Å². The van der Waals surface area contributed by atoms with Crippen molar-refractivity contribution in [2.45, 2.75) is 6.92 Å². The van der Waals surface area contributed by atoms with Crippen LogP contribution in [0, 0.1) is 18.3 Å². The Morgan fingerprint density at radius 2 is 1.95 bits per heavy atom. The Labute approximate surface area is 118 Å². The number of nitrogens with zero attached hydrogens (tertiary/aromatic N) is 2. The molecule has 0 aliphatic heterocycles. The molecule has 0 bridgehead atoms. The molecule has 2 aromatic rings. The van der Waals surface area contributed by atoms with E-state index < -0.39 is 0 Å². The molecule has 0 heterocycles. The number of amides is 1. The maximum absolute atomic E-state index is 12.5. The smallest absolute Gasteiger partial charge is 0.258 e. The summed E-state index contributed by atoms with van der Waals surface area (Å²) < 4.78 is 0. The lowest BCUT2D eigenvalue weighted by Gasteiger charge is -2.19. The Morgan fingerprint density at radius 3 is 2.65 bits per heavy atom. The number of nitriles is 1. The zero-order valence-corrected chi connectivity index (χ0v) is 11.4. The van der Waals surface area contributed by atoms with E-state index in [4.69, 9.17) is 11.0 Å². The first-order valence-electron chi connectivity index (χ1n) is 6.18. The summed E-state index contributed by atoms with van der Waals surface area (Å²) in [5, 5.41) is 9.11. The van der Waals surface area contributed by atoms with E-state index in [9.17, 15) is 4.79 Å². The predicted octanol–water partition coefficient (Wildman–Crippen LogP) is 2.73. The van der Waals surface area contributed by atoms with E-state index in [2.05, 4.69) is 6.07 Å². The Kier molecular flexibility index (Phi) is 3.72. The van der Waals surface area contributed by atoms with E-state index in [1.54, 1.807) is 43.4 Å². The zero-order valence-electron chi connectivity index (χ0n) is 11.4. The van der Waals surface area contributed by atoms with Crippen LogP contribution >= 0.6 is 0 Å². The maximum atomic E-state index is 12.5. The molecule has 4 nitrogen and oxygen atoms in total. The molecule has 0 aliphatic carbocycles. The van der Waals surface area contributed by atoms with Gasteiger partial charge in [-0.1, -0.05) is 18.2 Å². The molecular weight excluding hydrogens is 250 g/mol. The Balaban J connectivity index is 2.43. The average Bonchev–Trinajstić information content (AvgIpc) is 2.48. The molecule has 2 rings (SSSR count). The summed E-state index contributed by atoms with van der Waals surface area (Å²) in [4.78, 5) is 14.0. The minimum absolute atomic E-state index is 0.183. The number of benzene rings is 2. The number of nitrogens with two attached hydrogens (primary N) is 1. The van der Waals surface area contributed by atoms with Gasteiger partial charge in [0.15, 0.2) is 0 Å². The van der Waals surface area contributed by atoms with Crippen molar-refractivity contribution in [1.29, 1.82) is 5.26 Å². The lowest BCUT2D eigenvalue weighted by Crippen LogP contribution is -2.27. The number of anilines is 2. The van der Waals surface area contributed by atoms with Crippen LogP contribution in [0.1, 0.15) is 21.5 Å². The first-order valence-corrected chi connectivity index (χ1v) is 6.18. The summed E-state index contributed by atoms with van der Waals surface area (Å²) in [5.41, 5.74) is 8.72. The molecule has 0 saturated heterocycles. The first-order chi connectivity index (χ1) is 9.54. The third kappa shape index (κ3) is 2.47. The summed E-state index contributed by atoms with van der Waals surface area (Å²) in [6.07, 6.45) is 0. The van der Waals surface area contributed by atoms with Crippen LogP contribution in [-0.4, -0.2) is 13.0 Å². The van der Waals surface area contributed by atoms with Gasteiger partial charge in [0.2, 0.25) is 0 Å². The van der Waals surface area contributed by atoms with Crippen molar-refractivity contribution >= 4 is 17.3 Å². The molecule has 2 N–H and O–H groups in total. The van der Waals surface area contributed by atoms with Crippen LogP contribution in [0.15, 0.2) is 42.5 Å². The van der Waals surface area contributed by atoms with Gasteiger partial charge in [0.1, 0.15) is 6.07 Å². The highest BCUT2D eigenvalue weighted by atomic mass is 16.2. The molecule has 0 radical (unpaired) electrons. The van der Waals surface area contributed by atoms with Gasteiger partial charge in [-0.3, -0.25) is 4.79 Å². The summed E-state index contributed by atoms with van der Waals surface area (Å²) in [6.45, 7) is 1.86. The van der Waals surface area contributed by atoms with E-state index >= 15 is 0 Å². The van der Waals surface area contributed by atoms with Gasteiger partial charge in [-0.15, -0.1) is 0 Å². The summed E-state index contributed by atoms with van der Waals surface area (Å²) in [7, 11) is 1.65. The van der Waals surface area contributed by atoms with E-state index in [1.807, 2.05) is 13.0 Å². The zero-order chi connectivity index (χ0) is 14.7. The number of para-hydroxylation sites is 1. The van der Waals surface area contributed by atoms with Crippen LogP contribution in [-0.2, 0) is 0 Å². The van der Waals surface area contributed by atoms with Crippen molar-refractivity contribution in [3.63, 3.8) is 0 Å². The number of rotatable bonds is 2. The molecule has 0 aromatic heterocycles. The molecule has 100 valence electrons. The fourth-order valence-electron chi connectivity index (χ4n) is 2.02. The third-order valence-electron chi connectivity index (χ3n) is 3.18. The fraction of sp³-hybridized carbons (Fsp3) is 0.125. The number of carbonyl (C=O) groups is 1. The highest BCUT2D eigenvalue weighted by molar-refractivity contribution is 6.07. The second-order valence-corrected chi connectivity index (χ2v) is 4.57. The fourth-order valence-corrected chi connectivity index (χ4v) is 2.02. The van der Waals surface area contributed by atoms with Crippen LogP contribution in [0.2, 0.25) is 0 Å². The molecule has 0 atom stereocenters. The van der Waals surface area contributed by atoms with E-state index in [0.717, 1.165) is 5.56 Å². The molecule has 4 heteroatoms. The molecule has 0 fully saturated rings. The van der Waals surface area contributed by atoms with Crippen molar-refractivity contribution in [2.75, 3.05) is 17.7 Å². The summed E-state index contributed by atoms with van der Waals surface area (Å²) in [5.74, 6) is -0.183. The van der Waals surface area contributed by atoms with Gasteiger partial charge in [-0.05, 0) is 36.8 Å². The lowest BCUT2D eigenvalue weighted by atomic mass is 10.1. The van der Waals surface area contributed by atoms with Crippen molar-refractivity contribution in [2.24, 2.45) is 0 Å². The molecule has 2 aromatic carbocycles. The number of nitrogen functional groups attached to an aromatic ring is 1. The molecule has 0 unspecified atom stereocenters. The molecule has 1 amide bonds. The highest BCUT2D eigenvalue weighted by Gasteiger charge is 2.18. The second-order valence-electron chi connectivity index (χ2n) is 4.57. The molecule has 0 aliphatic rings. The van der Waals surface area contributed by atoms with Crippen LogP contribution in [0.4, 0.5) is 11.4 Å². The van der Waals surface area contributed by atoms with Gasteiger partial charge >= 0.3 is 0 Å². The first kappa shape index (κ1) is 13.6. The van der Waals surface area contributed by atoms with Crippen molar-refractivity contribution in [1.82, 2.24) is 0 Å². The molecule has 20 heavy (non-hydrogen) atoms. The number of hydrogen-bond donors (Lipinski definition) is 1. The van der Waals surface area contributed by atoms with Crippen LogP contribution in [0.3, 0.4) is 0 Å². The van der Waals surface area contributed by atoms with Gasteiger partial charge in [0, 0.05) is 18.3 Å². The minimum atomic E-state index is -0.183. The van der Waals surface area contributed by atoms with Gasteiger partial charge in [-0.2, -0.15) is 5.26 Å². The summed E-state index contributed by atoms with van der Waals surface area (Å²) in [6, 6.07) is 14.3. The van der Waals surface area contributed by atoms with Gasteiger partial charge in [0.05, 0.1) is 11.3 Å². The van der Waals surface area contributed by atoms with Crippen LogP contribution in [0.25, 0.3) is 0 Å². The van der Waals surface area contributed by atoms with Crippen LogP contribution in [0.5, 0.6) is 0 Å². The lowest BCUT2D eigenvalue weighted by molar-refractivity contribution is 0.0992. The third-order valence-corrected chi connectivity index (χ3v) is 3.18. The quantitative estimate of drug-likeness (QED) is 0.849. The number of carbonyl (C=O) groups excluding carboxylic acids is 1. The average molecular weight is 265 g/mol. The number of aryl methyl sites for hydroxylation is 1. The highest BCUT2D eigenvalue weighted by Crippen LogP contribution is 2.22. The van der Waals surface area contributed by atoms with Crippen molar-refractivity contribution in [3.8, 4) is 6.07 Å². The predicted molar refractivity (Wildman–Crippen MR) is 79.5 cm³/mol. The van der Waals surface area contributed by atoms with E-state index in [1.165, 1.54) is 4.90 Å². The molecule has 0 saturated carbocycles. The number of hydrogen-bond acceptors (Lipinski definition) is 3. The monoisotopic (exact) mass is 265 g/mol. The standard InChI is InChI=1S/C16H15N3O/c1-11-7-8-13(18)9-14(11)16(20)19(2)15-6-4-3-5-12(15)10-17/h3-9H,18H2,1-2H3. The van der Waals surface area contributed by atoms with Gasteiger partial charge in [-0.25, -0.2) is 0 Å². The Bertz CT molecular complexity index is 701. The normalized spacial score (nSPS) is 9.85. The van der Waals surface area contributed by atoms with E-state index in [0.29, 0.717) is 22.5 Å². The topological polar surface area (TPSA) is 70.1 Å². The Hall–Kier alpha value is -2.80. The van der Waals surface area contributed by atoms with Gasteiger partial charge in [0.25, 0.3) is 5.91 Å². The van der Waals surface area contributed by atoms with Crippen molar-refractivity contribution < 1.29 is 4.79 Å². The molecule has 0 spiro atoms. The van der Waals surface area contributed by atoms with Crippen LogP contribution < -0.4 is 10.6 Å². The Morgan fingerprint density at radius 1 is 1.25 bits per heavy atom. The largest absolute Gasteiger partial charge is 0.399 e. The SMILES string of the molecule is Cc1ccc(N)cc1C(=O)N(C)c1ccccc1C#N. The molecular formula is C16H15N3O. The van der Waals surface area contributed by atoms with Gasteiger partial charge < -0.3 is 10.6 Å².